The predicted octanol–water partition coefficient (Wildman–Crippen LogP) is 4.13. The van der Waals surface area contributed by atoms with Gasteiger partial charge in [-0.3, -0.25) is 0 Å². The van der Waals surface area contributed by atoms with Crippen LogP contribution in [0.25, 0.3) is 0 Å². The monoisotopic (exact) mass is 379 g/mol. The molecule has 3 nitrogen and oxygen atoms in total. The van der Waals surface area contributed by atoms with Crippen LogP contribution >= 0.6 is 15.9 Å². The minimum absolute atomic E-state index is 0.270. The Bertz CT molecular complexity index is 737. The second-order valence-corrected chi connectivity index (χ2v) is 7.88. The average molecular weight is 380 g/mol. The molecule has 2 rings (SSSR count). The number of hydrogen-bond donors (Lipinski definition) is 0. The highest BCUT2D eigenvalue weighted by atomic mass is 79.9. The number of hydrogen-bond acceptors (Lipinski definition) is 2. The molecular weight excluding hydrogens is 362 g/mol. The van der Waals surface area contributed by atoms with Gasteiger partial charge in [-0.25, -0.2) is 8.42 Å². The lowest BCUT2D eigenvalue weighted by molar-refractivity contribution is 0.438. The molecule has 0 aliphatic rings. The van der Waals surface area contributed by atoms with Crippen LogP contribution in [0.4, 0.5) is 0 Å². The molecule has 2 aromatic carbocycles. The summed E-state index contributed by atoms with van der Waals surface area (Å²) in [6.07, 6.45) is 1.60. The molecule has 2 aromatic rings. The van der Waals surface area contributed by atoms with Gasteiger partial charge in [0.25, 0.3) is 0 Å². The number of aryl methyl sites for hydroxylation is 1. The smallest absolute Gasteiger partial charge is 0.207 e. The van der Waals surface area contributed by atoms with Crippen molar-refractivity contribution in [1.29, 1.82) is 0 Å². The molecule has 0 fully saturated rings. The van der Waals surface area contributed by atoms with Gasteiger partial charge in [0.1, 0.15) is 0 Å². The summed E-state index contributed by atoms with van der Waals surface area (Å²) < 4.78 is 27.9. The maximum atomic E-state index is 12.8. The summed E-state index contributed by atoms with van der Waals surface area (Å²) in [5.74, 6) is 0. The average Bonchev–Trinajstić information content (AvgIpc) is 2.49. The van der Waals surface area contributed by atoms with E-state index in [0.29, 0.717) is 11.4 Å². The van der Waals surface area contributed by atoms with Crippen LogP contribution < -0.4 is 0 Å². The molecule has 0 amide bonds. The Morgan fingerprint density at radius 1 is 1.09 bits per heavy atom. The Morgan fingerprint density at radius 3 is 2.23 bits per heavy atom. The van der Waals surface area contributed by atoms with Crippen molar-refractivity contribution in [1.82, 2.24) is 4.31 Å². The van der Waals surface area contributed by atoms with Gasteiger partial charge in [-0.15, -0.1) is 6.58 Å². The first-order chi connectivity index (χ1) is 10.4. The van der Waals surface area contributed by atoms with Crippen LogP contribution in [0, 0.1) is 6.92 Å². The lowest BCUT2D eigenvalue weighted by atomic mass is 10.2. The van der Waals surface area contributed by atoms with Gasteiger partial charge in [0.05, 0.1) is 4.90 Å². The second-order valence-electron chi connectivity index (χ2n) is 5.03. The minimum Gasteiger partial charge on any atom is -0.207 e. The number of nitrogens with zero attached hydrogens (tertiary/aromatic N) is 1. The molecule has 0 radical (unpaired) electrons. The quantitative estimate of drug-likeness (QED) is 0.707. The maximum absolute atomic E-state index is 12.8. The summed E-state index contributed by atoms with van der Waals surface area (Å²) in [7, 11) is -3.54. The highest BCUT2D eigenvalue weighted by Gasteiger charge is 2.23. The molecule has 0 N–H and O–H groups in total. The van der Waals surface area contributed by atoms with Gasteiger partial charge in [0, 0.05) is 17.6 Å². The Balaban J connectivity index is 2.31. The van der Waals surface area contributed by atoms with E-state index in [4.69, 9.17) is 0 Å². The Morgan fingerprint density at radius 2 is 1.68 bits per heavy atom. The number of rotatable bonds is 6. The van der Waals surface area contributed by atoms with Gasteiger partial charge >= 0.3 is 0 Å². The van der Waals surface area contributed by atoms with Crippen molar-refractivity contribution in [3.05, 3.63) is 76.8 Å². The van der Waals surface area contributed by atoms with Crippen LogP contribution in [0.1, 0.15) is 11.1 Å². The predicted molar refractivity (Wildman–Crippen MR) is 93.1 cm³/mol. The van der Waals surface area contributed by atoms with Gasteiger partial charge in [0.15, 0.2) is 0 Å². The topological polar surface area (TPSA) is 37.4 Å². The zero-order valence-electron chi connectivity index (χ0n) is 12.4. The minimum atomic E-state index is -3.54. The van der Waals surface area contributed by atoms with E-state index in [9.17, 15) is 8.42 Å². The van der Waals surface area contributed by atoms with Crippen molar-refractivity contribution in [3.63, 3.8) is 0 Å². The standard InChI is InChI=1S/C17H18BrNO2S/c1-3-12-19(13-15-6-8-16(18)9-7-15)22(20,21)17-10-4-14(2)5-11-17/h3-11H,1,12-13H2,2H3. The van der Waals surface area contributed by atoms with Crippen molar-refractivity contribution < 1.29 is 8.42 Å². The summed E-state index contributed by atoms with van der Waals surface area (Å²) in [5.41, 5.74) is 1.96. The third kappa shape index (κ3) is 4.06. The molecule has 22 heavy (non-hydrogen) atoms. The van der Waals surface area contributed by atoms with E-state index in [1.54, 1.807) is 30.3 Å². The van der Waals surface area contributed by atoms with Crippen molar-refractivity contribution in [2.24, 2.45) is 0 Å². The molecule has 0 aliphatic heterocycles. The van der Waals surface area contributed by atoms with E-state index >= 15 is 0 Å². The molecule has 0 spiro atoms. The Hall–Kier alpha value is -1.43. The molecule has 0 unspecified atom stereocenters. The second kappa shape index (κ2) is 7.22. The summed E-state index contributed by atoms with van der Waals surface area (Å²) in [4.78, 5) is 0.303. The van der Waals surface area contributed by atoms with E-state index in [1.807, 2.05) is 31.2 Å². The normalized spacial score (nSPS) is 11.6. The third-order valence-corrected chi connectivity index (χ3v) is 5.62. The van der Waals surface area contributed by atoms with Gasteiger partial charge < -0.3 is 0 Å². The van der Waals surface area contributed by atoms with Crippen LogP contribution in [-0.2, 0) is 16.6 Å². The summed E-state index contributed by atoms with van der Waals surface area (Å²) in [5, 5.41) is 0. The molecule has 116 valence electrons. The highest BCUT2D eigenvalue weighted by molar-refractivity contribution is 9.10. The van der Waals surface area contributed by atoms with Crippen LogP contribution in [0.15, 0.2) is 70.6 Å². The summed E-state index contributed by atoms with van der Waals surface area (Å²) >= 11 is 3.38. The largest absolute Gasteiger partial charge is 0.243 e. The van der Waals surface area contributed by atoms with E-state index in [2.05, 4.69) is 22.5 Å². The highest BCUT2D eigenvalue weighted by Crippen LogP contribution is 2.20. The van der Waals surface area contributed by atoms with Gasteiger partial charge in [-0.2, -0.15) is 4.31 Å². The van der Waals surface area contributed by atoms with Gasteiger partial charge in [-0.05, 0) is 36.8 Å². The van der Waals surface area contributed by atoms with Gasteiger partial charge in [-0.1, -0.05) is 51.8 Å². The molecule has 0 heterocycles. The lowest BCUT2D eigenvalue weighted by Gasteiger charge is -2.21. The van der Waals surface area contributed by atoms with Crippen molar-refractivity contribution >= 4 is 26.0 Å². The molecule has 0 bridgehead atoms. The maximum Gasteiger partial charge on any atom is 0.243 e. The van der Waals surface area contributed by atoms with E-state index in [-0.39, 0.29) is 6.54 Å². The first kappa shape index (κ1) is 16.9. The molecule has 0 aliphatic carbocycles. The van der Waals surface area contributed by atoms with Crippen LogP contribution in [-0.4, -0.2) is 19.3 Å². The van der Waals surface area contributed by atoms with E-state index < -0.39 is 10.0 Å². The molecular formula is C17H18BrNO2S. The Labute approximate surface area is 140 Å². The first-order valence-electron chi connectivity index (χ1n) is 6.85. The zero-order valence-corrected chi connectivity index (χ0v) is 14.8. The van der Waals surface area contributed by atoms with Gasteiger partial charge in [0.2, 0.25) is 10.0 Å². The van der Waals surface area contributed by atoms with E-state index in [0.717, 1.165) is 15.6 Å². The SMILES string of the molecule is C=CCN(Cc1ccc(Br)cc1)S(=O)(=O)c1ccc(C)cc1. The van der Waals surface area contributed by atoms with Crippen LogP contribution in [0.3, 0.4) is 0 Å². The van der Waals surface area contributed by atoms with Crippen LogP contribution in [0.2, 0.25) is 0 Å². The summed E-state index contributed by atoms with van der Waals surface area (Å²) in [6.45, 7) is 6.18. The van der Waals surface area contributed by atoms with Crippen molar-refractivity contribution in [2.75, 3.05) is 6.54 Å². The summed E-state index contributed by atoms with van der Waals surface area (Å²) in [6, 6.07) is 14.5. The first-order valence-corrected chi connectivity index (χ1v) is 9.09. The molecule has 0 saturated carbocycles. The molecule has 0 saturated heterocycles. The Kier molecular flexibility index (Phi) is 5.56. The fourth-order valence-corrected chi connectivity index (χ4v) is 3.71. The third-order valence-electron chi connectivity index (χ3n) is 3.26. The fourth-order valence-electron chi connectivity index (χ4n) is 2.04. The molecule has 5 heteroatoms. The fraction of sp³-hybridized carbons (Fsp3) is 0.176. The number of benzene rings is 2. The van der Waals surface area contributed by atoms with Crippen LogP contribution in [0.5, 0.6) is 0 Å². The number of halogens is 1. The molecule has 0 aromatic heterocycles. The van der Waals surface area contributed by atoms with Crippen molar-refractivity contribution in [2.45, 2.75) is 18.4 Å². The van der Waals surface area contributed by atoms with E-state index in [1.165, 1.54) is 4.31 Å². The molecule has 0 atom stereocenters. The van der Waals surface area contributed by atoms with Crippen molar-refractivity contribution in [3.8, 4) is 0 Å². The number of sulfonamides is 1. The zero-order chi connectivity index (χ0) is 16.2. The lowest BCUT2D eigenvalue weighted by Crippen LogP contribution is -2.30.